The van der Waals surface area contributed by atoms with Gasteiger partial charge in [-0.05, 0) is 48.9 Å². The summed E-state index contributed by atoms with van der Waals surface area (Å²) < 4.78 is 63.4. The number of hydrogen-bond acceptors (Lipinski definition) is 3. The van der Waals surface area contributed by atoms with Crippen molar-refractivity contribution >= 4 is 27.5 Å². The molecule has 5 nitrogen and oxygen atoms in total. The van der Waals surface area contributed by atoms with Crippen LogP contribution in [0.5, 0.6) is 0 Å². The van der Waals surface area contributed by atoms with Crippen molar-refractivity contribution in [3.63, 3.8) is 0 Å². The third kappa shape index (κ3) is 3.63. The topological polar surface area (TPSA) is 66.5 Å². The van der Waals surface area contributed by atoms with E-state index in [0.717, 1.165) is 0 Å². The van der Waals surface area contributed by atoms with Crippen LogP contribution in [0.25, 0.3) is 0 Å². The van der Waals surface area contributed by atoms with Crippen LogP contribution in [0.15, 0.2) is 29.2 Å². The molecule has 1 atom stereocenters. The Hall–Kier alpha value is -1.32. The Morgan fingerprint density at radius 3 is 2.28 bits per heavy atom. The lowest BCUT2D eigenvalue weighted by Gasteiger charge is -2.32. The van der Waals surface area contributed by atoms with Crippen molar-refractivity contribution in [2.24, 2.45) is 5.41 Å². The van der Waals surface area contributed by atoms with Gasteiger partial charge in [0, 0.05) is 24.2 Å². The lowest BCUT2D eigenvalue weighted by Crippen LogP contribution is -2.44. The van der Waals surface area contributed by atoms with Gasteiger partial charge in [-0.2, -0.15) is 17.5 Å². The molecule has 25 heavy (non-hydrogen) atoms. The van der Waals surface area contributed by atoms with Crippen molar-refractivity contribution in [2.75, 3.05) is 13.1 Å². The lowest BCUT2D eigenvalue weighted by atomic mass is 9.94. The molecule has 1 amide bonds. The van der Waals surface area contributed by atoms with Gasteiger partial charge in [0.15, 0.2) is 0 Å². The first-order chi connectivity index (χ1) is 11.5. The average Bonchev–Trinajstić information content (AvgIpc) is 3.18. The minimum Gasteiger partial charge on any atom is -0.345 e. The Labute approximate surface area is 148 Å². The monoisotopic (exact) mass is 396 g/mol. The largest absolute Gasteiger partial charge is 0.471 e. The highest BCUT2D eigenvalue weighted by atomic mass is 35.5. The summed E-state index contributed by atoms with van der Waals surface area (Å²) in [7, 11) is -3.66. The summed E-state index contributed by atoms with van der Waals surface area (Å²) in [5.74, 6) is -1.94. The molecule has 1 N–H and O–H groups in total. The molecule has 1 saturated carbocycles. The van der Waals surface area contributed by atoms with E-state index in [0.29, 0.717) is 24.3 Å². The number of rotatable bonds is 3. The molecular weight excluding hydrogens is 381 g/mol. The van der Waals surface area contributed by atoms with Crippen molar-refractivity contribution in [1.29, 1.82) is 0 Å². The van der Waals surface area contributed by atoms with Gasteiger partial charge in [0.25, 0.3) is 0 Å². The Morgan fingerprint density at radius 2 is 1.76 bits per heavy atom. The van der Waals surface area contributed by atoms with E-state index in [9.17, 15) is 26.4 Å². The number of benzene rings is 1. The minimum absolute atomic E-state index is 0.130. The van der Waals surface area contributed by atoms with E-state index in [1.54, 1.807) is 0 Å². The Bertz CT molecular complexity index is 772. The van der Waals surface area contributed by atoms with Gasteiger partial charge in [0.2, 0.25) is 10.0 Å². The molecule has 1 aromatic rings. The minimum atomic E-state index is -4.90. The van der Waals surface area contributed by atoms with E-state index < -0.39 is 33.6 Å². The fourth-order valence-corrected chi connectivity index (χ4v) is 4.84. The number of nitrogens with one attached hydrogen (secondary N) is 1. The third-order valence-electron chi connectivity index (χ3n) is 4.92. The van der Waals surface area contributed by atoms with E-state index in [4.69, 9.17) is 11.6 Å². The molecule has 1 unspecified atom stereocenters. The zero-order valence-electron chi connectivity index (χ0n) is 13.0. The van der Waals surface area contributed by atoms with E-state index in [-0.39, 0.29) is 18.0 Å². The van der Waals surface area contributed by atoms with Crippen molar-refractivity contribution in [3.8, 4) is 0 Å². The van der Waals surface area contributed by atoms with Crippen LogP contribution in [0.2, 0.25) is 5.02 Å². The highest BCUT2D eigenvalue weighted by molar-refractivity contribution is 7.89. The molecule has 138 valence electrons. The second-order valence-corrected chi connectivity index (χ2v) is 8.82. The van der Waals surface area contributed by atoms with E-state index in [2.05, 4.69) is 0 Å². The number of hydrogen-bond donors (Lipinski definition) is 1. The molecule has 1 saturated heterocycles. The summed E-state index contributed by atoms with van der Waals surface area (Å²) in [6.07, 6.45) is -3.61. The summed E-state index contributed by atoms with van der Waals surface area (Å²) in [4.78, 5) is 11.2. The van der Waals surface area contributed by atoms with Crippen LogP contribution in [0.3, 0.4) is 0 Å². The molecule has 1 heterocycles. The highest BCUT2D eigenvalue weighted by Gasteiger charge is 2.58. The predicted octanol–water partition coefficient (Wildman–Crippen LogP) is 2.56. The van der Waals surface area contributed by atoms with Gasteiger partial charge in [0.1, 0.15) is 0 Å². The molecule has 2 aliphatic rings. The van der Waals surface area contributed by atoms with Crippen LogP contribution in [0, 0.1) is 5.41 Å². The Kier molecular flexibility index (Phi) is 4.53. The van der Waals surface area contributed by atoms with E-state index in [1.165, 1.54) is 28.6 Å². The number of piperidine rings is 1. The number of carbonyl (C=O) groups excluding carboxylic acids is 1. The van der Waals surface area contributed by atoms with Crippen molar-refractivity contribution < 1.29 is 26.4 Å². The van der Waals surface area contributed by atoms with Crippen LogP contribution >= 0.6 is 11.6 Å². The molecule has 2 fully saturated rings. The molecule has 0 radical (unpaired) electrons. The molecule has 1 spiro atoms. The Morgan fingerprint density at radius 1 is 1.20 bits per heavy atom. The van der Waals surface area contributed by atoms with Gasteiger partial charge in [-0.15, -0.1) is 0 Å². The lowest BCUT2D eigenvalue weighted by molar-refractivity contribution is -0.174. The first-order valence-corrected chi connectivity index (χ1v) is 9.50. The van der Waals surface area contributed by atoms with Crippen LogP contribution in [0.4, 0.5) is 13.2 Å². The SMILES string of the molecule is O=C(NC1CC12CCN(S(=O)(=O)c1ccc(Cl)cc1)CC2)C(F)(F)F. The molecular formula is C15H16ClF3N2O3S. The number of sulfonamides is 1. The van der Waals surface area contributed by atoms with Crippen LogP contribution in [-0.2, 0) is 14.8 Å². The summed E-state index contributed by atoms with van der Waals surface area (Å²) in [5.41, 5.74) is -0.424. The van der Waals surface area contributed by atoms with Gasteiger partial charge in [-0.25, -0.2) is 8.42 Å². The number of alkyl halides is 3. The van der Waals surface area contributed by atoms with Crippen molar-refractivity contribution in [1.82, 2.24) is 9.62 Å². The van der Waals surface area contributed by atoms with Gasteiger partial charge < -0.3 is 5.32 Å². The Balaban J connectivity index is 1.61. The van der Waals surface area contributed by atoms with Gasteiger partial charge >= 0.3 is 12.1 Å². The van der Waals surface area contributed by atoms with Crippen LogP contribution < -0.4 is 5.32 Å². The quantitative estimate of drug-likeness (QED) is 0.854. The van der Waals surface area contributed by atoms with Crippen molar-refractivity contribution in [3.05, 3.63) is 29.3 Å². The molecule has 0 aromatic heterocycles. The standard InChI is InChI=1S/C15H16ClF3N2O3S/c16-10-1-3-11(4-2-10)25(23,24)21-7-5-14(6-8-21)9-12(14)20-13(22)15(17,18)19/h1-4,12H,5-9H2,(H,20,22). The summed E-state index contributed by atoms with van der Waals surface area (Å²) >= 11 is 5.76. The predicted molar refractivity (Wildman–Crippen MR) is 84.5 cm³/mol. The molecule has 1 aliphatic heterocycles. The number of amides is 1. The highest BCUT2D eigenvalue weighted by Crippen LogP contribution is 2.54. The molecule has 10 heteroatoms. The second-order valence-electron chi connectivity index (χ2n) is 6.45. The maximum atomic E-state index is 12.6. The summed E-state index contributed by atoms with van der Waals surface area (Å²) in [6.45, 7) is 0.423. The fraction of sp³-hybridized carbons (Fsp3) is 0.533. The van der Waals surface area contributed by atoms with Crippen LogP contribution in [-0.4, -0.2) is 43.9 Å². The maximum absolute atomic E-state index is 12.6. The fourth-order valence-electron chi connectivity index (χ4n) is 3.27. The van der Waals surface area contributed by atoms with Crippen molar-refractivity contribution in [2.45, 2.75) is 36.4 Å². The van der Waals surface area contributed by atoms with E-state index >= 15 is 0 Å². The number of nitrogens with zero attached hydrogens (tertiary/aromatic N) is 1. The van der Waals surface area contributed by atoms with Gasteiger partial charge in [-0.1, -0.05) is 11.6 Å². The van der Waals surface area contributed by atoms with Gasteiger partial charge in [-0.3, -0.25) is 4.79 Å². The molecule has 3 rings (SSSR count). The molecule has 1 aromatic carbocycles. The third-order valence-corrected chi connectivity index (χ3v) is 7.09. The average molecular weight is 397 g/mol. The molecule has 0 bridgehead atoms. The summed E-state index contributed by atoms with van der Waals surface area (Å²) in [6, 6.07) is 5.28. The van der Waals surface area contributed by atoms with Crippen LogP contribution in [0.1, 0.15) is 19.3 Å². The number of carbonyl (C=O) groups is 1. The first-order valence-electron chi connectivity index (χ1n) is 7.68. The molecule has 1 aliphatic carbocycles. The maximum Gasteiger partial charge on any atom is 0.471 e. The zero-order chi connectivity index (χ0) is 18.5. The smallest absolute Gasteiger partial charge is 0.345 e. The first kappa shape index (κ1) is 18.5. The van der Waals surface area contributed by atoms with E-state index in [1.807, 2.05) is 5.32 Å². The summed E-state index contributed by atoms with van der Waals surface area (Å²) in [5, 5.41) is 2.43. The van der Waals surface area contributed by atoms with Gasteiger partial charge in [0.05, 0.1) is 4.90 Å². The number of halogens is 4. The zero-order valence-corrected chi connectivity index (χ0v) is 14.6. The normalized spacial score (nSPS) is 23.4. The second kappa shape index (κ2) is 6.14.